The van der Waals surface area contributed by atoms with Gasteiger partial charge in [-0.1, -0.05) is 0 Å². The SMILES string of the molecule is Cc1nn(C)c(C)c1Nc1ccc(F)cc1F. The quantitative estimate of drug-likeness (QED) is 0.870. The highest BCUT2D eigenvalue weighted by Crippen LogP contribution is 2.25. The third kappa shape index (κ3) is 2.13. The molecule has 0 spiro atoms. The van der Waals surface area contributed by atoms with Crippen molar-refractivity contribution in [3.8, 4) is 0 Å². The summed E-state index contributed by atoms with van der Waals surface area (Å²) in [5, 5.41) is 7.14. The third-order valence-electron chi connectivity index (χ3n) is 2.70. The van der Waals surface area contributed by atoms with Crippen LogP contribution in [-0.4, -0.2) is 9.78 Å². The Bertz CT molecular complexity index is 561. The van der Waals surface area contributed by atoms with Gasteiger partial charge in [0, 0.05) is 13.1 Å². The van der Waals surface area contributed by atoms with Crippen molar-refractivity contribution in [3.05, 3.63) is 41.2 Å². The standard InChI is InChI=1S/C12H13F2N3/c1-7-12(8(2)17(3)16-7)15-11-5-4-9(13)6-10(11)14/h4-6,15H,1-3H3. The second kappa shape index (κ2) is 4.16. The summed E-state index contributed by atoms with van der Waals surface area (Å²) < 4.78 is 27.9. The molecule has 1 N–H and O–H groups in total. The van der Waals surface area contributed by atoms with E-state index in [9.17, 15) is 8.78 Å². The minimum absolute atomic E-state index is 0.241. The van der Waals surface area contributed by atoms with Crippen molar-refractivity contribution < 1.29 is 8.78 Å². The van der Waals surface area contributed by atoms with Crippen molar-refractivity contribution in [2.24, 2.45) is 7.05 Å². The fourth-order valence-electron chi connectivity index (χ4n) is 1.68. The van der Waals surface area contributed by atoms with E-state index < -0.39 is 11.6 Å². The number of nitrogens with one attached hydrogen (secondary N) is 1. The van der Waals surface area contributed by atoms with E-state index >= 15 is 0 Å². The predicted molar refractivity (Wildman–Crippen MR) is 62.3 cm³/mol. The average molecular weight is 237 g/mol. The van der Waals surface area contributed by atoms with Crippen LogP contribution < -0.4 is 5.32 Å². The van der Waals surface area contributed by atoms with Crippen LogP contribution in [0.2, 0.25) is 0 Å². The van der Waals surface area contributed by atoms with Crippen LogP contribution in [0.25, 0.3) is 0 Å². The van der Waals surface area contributed by atoms with Crippen LogP contribution in [0.4, 0.5) is 20.2 Å². The predicted octanol–water partition coefficient (Wildman–Crippen LogP) is 3.06. The molecule has 0 saturated heterocycles. The normalized spacial score (nSPS) is 10.6. The number of anilines is 2. The second-order valence-electron chi connectivity index (χ2n) is 3.92. The van der Waals surface area contributed by atoms with Gasteiger partial charge in [-0.2, -0.15) is 5.10 Å². The molecule has 3 nitrogen and oxygen atoms in total. The summed E-state index contributed by atoms with van der Waals surface area (Å²) >= 11 is 0. The molecule has 0 unspecified atom stereocenters. The Hall–Kier alpha value is -1.91. The third-order valence-corrected chi connectivity index (χ3v) is 2.70. The van der Waals surface area contributed by atoms with Crippen LogP contribution in [0.1, 0.15) is 11.4 Å². The maximum absolute atomic E-state index is 13.5. The van der Waals surface area contributed by atoms with Crippen LogP contribution in [0.15, 0.2) is 18.2 Å². The van der Waals surface area contributed by atoms with Gasteiger partial charge >= 0.3 is 0 Å². The van der Waals surface area contributed by atoms with Gasteiger partial charge in [0.25, 0.3) is 0 Å². The molecule has 0 aliphatic heterocycles. The molecule has 0 atom stereocenters. The zero-order chi connectivity index (χ0) is 12.6. The van der Waals surface area contributed by atoms with Gasteiger partial charge in [-0.3, -0.25) is 4.68 Å². The first-order valence-electron chi connectivity index (χ1n) is 5.21. The number of aryl methyl sites for hydroxylation is 2. The molecule has 1 heterocycles. The second-order valence-corrected chi connectivity index (χ2v) is 3.92. The molecule has 1 aromatic heterocycles. The maximum atomic E-state index is 13.5. The Kier molecular flexibility index (Phi) is 2.83. The number of hydrogen-bond acceptors (Lipinski definition) is 2. The molecular weight excluding hydrogens is 224 g/mol. The van der Waals surface area contributed by atoms with Crippen molar-refractivity contribution in [1.82, 2.24) is 9.78 Å². The minimum Gasteiger partial charge on any atom is -0.350 e. The Morgan fingerprint density at radius 2 is 1.94 bits per heavy atom. The lowest BCUT2D eigenvalue weighted by atomic mass is 10.2. The summed E-state index contributed by atoms with van der Waals surface area (Å²) in [6, 6.07) is 3.44. The molecule has 2 rings (SSSR count). The number of benzene rings is 1. The van der Waals surface area contributed by atoms with Crippen molar-refractivity contribution in [2.45, 2.75) is 13.8 Å². The summed E-state index contributed by atoms with van der Waals surface area (Å²) in [5.74, 6) is -1.21. The van der Waals surface area contributed by atoms with Crippen LogP contribution >= 0.6 is 0 Å². The Balaban J connectivity index is 2.38. The van der Waals surface area contributed by atoms with Gasteiger partial charge in [0.1, 0.15) is 11.6 Å². The first kappa shape index (κ1) is 11.6. The molecule has 5 heteroatoms. The maximum Gasteiger partial charge on any atom is 0.149 e. The summed E-state index contributed by atoms with van der Waals surface area (Å²) in [6.07, 6.45) is 0. The average Bonchev–Trinajstić information content (AvgIpc) is 2.48. The molecular formula is C12H13F2N3. The molecule has 0 saturated carbocycles. The largest absolute Gasteiger partial charge is 0.350 e. The van der Waals surface area contributed by atoms with E-state index in [4.69, 9.17) is 0 Å². The molecule has 0 aliphatic rings. The van der Waals surface area contributed by atoms with Crippen molar-refractivity contribution in [1.29, 1.82) is 0 Å². The molecule has 90 valence electrons. The molecule has 2 aromatic rings. The molecule has 17 heavy (non-hydrogen) atoms. The van der Waals surface area contributed by atoms with Crippen LogP contribution in [0, 0.1) is 25.5 Å². The number of rotatable bonds is 2. The highest BCUT2D eigenvalue weighted by atomic mass is 19.1. The van der Waals surface area contributed by atoms with Crippen LogP contribution in [-0.2, 0) is 7.05 Å². The van der Waals surface area contributed by atoms with E-state index in [-0.39, 0.29) is 5.69 Å². The molecule has 0 fully saturated rings. The number of aromatic nitrogens is 2. The summed E-state index contributed by atoms with van der Waals surface area (Å²) in [5.41, 5.74) is 2.66. The summed E-state index contributed by atoms with van der Waals surface area (Å²) in [6.45, 7) is 3.71. The summed E-state index contributed by atoms with van der Waals surface area (Å²) in [4.78, 5) is 0. The Labute approximate surface area is 98.1 Å². The highest BCUT2D eigenvalue weighted by molar-refractivity contribution is 5.64. The lowest BCUT2D eigenvalue weighted by Gasteiger charge is -2.07. The fourth-order valence-corrected chi connectivity index (χ4v) is 1.68. The van der Waals surface area contributed by atoms with Gasteiger partial charge in [0.15, 0.2) is 0 Å². The molecule has 0 bridgehead atoms. The number of halogens is 2. The van der Waals surface area contributed by atoms with E-state index in [2.05, 4.69) is 10.4 Å². The topological polar surface area (TPSA) is 29.9 Å². The number of hydrogen-bond donors (Lipinski definition) is 1. The Morgan fingerprint density at radius 1 is 1.24 bits per heavy atom. The van der Waals surface area contributed by atoms with Crippen molar-refractivity contribution >= 4 is 11.4 Å². The van der Waals surface area contributed by atoms with Gasteiger partial charge in [-0.25, -0.2) is 8.78 Å². The highest BCUT2D eigenvalue weighted by Gasteiger charge is 2.11. The lowest BCUT2D eigenvalue weighted by Crippen LogP contribution is -1.97. The van der Waals surface area contributed by atoms with Gasteiger partial charge in [-0.15, -0.1) is 0 Å². The zero-order valence-corrected chi connectivity index (χ0v) is 9.88. The van der Waals surface area contributed by atoms with E-state index in [0.717, 1.165) is 23.1 Å². The fraction of sp³-hybridized carbons (Fsp3) is 0.250. The first-order valence-corrected chi connectivity index (χ1v) is 5.21. The smallest absolute Gasteiger partial charge is 0.149 e. The summed E-state index contributed by atoms with van der Waals surface area (Å²) in [7, 11) is 1.81. The zero-order valence-electron chi connectivity index (χ0n) is 9.88. The van der Waals surface area contributed by atoms with Crippen LogP contribution in [0.3, 0.4) is 0 Å². The van der Waals surface area contributed by atoms with Crippen LogP contribution in [0.5, 0.6) is 0 Å². The van der Waals surface area contributed by atoms with Gasteiger partial charge < -0.3 is 5.32 Å². The Morgan fingerprint density at radius 3 is 2.47 bits per heavy atom. The molecule has 0 aliphatic carbocycles. The van der Waals surface area contributed by atoms with Gasteiger partial charge in [0.05, 0.1) is 22.8 Å². The van der Waals surface area contributed by atoms with Gasteiger partial charge in [-0.05, 0) is 26.0 Å². The van der Waals surface area contributed by atoms with Crippen molar-refractivity contribution in [3.63, 3.8) is 0 Å². The first-order chi connectivity index (χ1) is 7.99. The minimum atomic E-state index is -0.618. The van der Waals surface area contributed by atoms with E-state index in [1.807, 2.05) is 20.9 Å². The molecule has 0 radical (unpaired) electrons. The molecule has 1 aromatic carbocycles. The van der Waals surface area contributed by atoms with E-state index in [1.165, 1.54) is 12.1 Å². The van der Waals surface area contributed by atoms with E-state index in [1.54, 1.807) is 4.68 Å². The van der Waals surface area contributed by atoms with Gasteiger partial charge in [0.2, 0.25) is 0 Å². The van der Waals surface area contributed by atoms with E-state index in [0.29, 0.717) is 0 Å². The van der Waals surface area contributed by atoms with Crippen molar-refractivity contribution in [2.75, 3.05) is 5.32 Å². The lowest BCUT2D eigenvalue weighted by molar-refractivity contribution is 0.586. The molecule has 0 amide bonds. The number of nitrogens with zero attached hydrogens (tertiary/aromatic N) is 2. The monoisotopic (exact) mass is 237 g/mol.